The van der Waals surface area contributed by atoms with Crippen LogP contribution in [0.4, 0.5) is 0 Å². The summed E-state index contributed by atoms with van der Waals surface area (Å²) < 4.78 is 0. The Morgan fingerprint density at radius 1 is 1.27 bits per heavy atom. The molecule has 0 N–H and O–H groups in total. The molecular weight excluding hydrogens is 360 g/mol. The van der Waals surface area contributed by atoms with Gasteiger partial charge in [-0.25, -0.2) is 4.99 Å². The van der Waals surface area contributed by atoms with Crippen LogP contribution in [0.2, 0.25) is 0 Å². The third-order valence-electron chi connectivity index (χ3n) is 4.51. The van der Waals surface area contributed by atoms with Crippen LogP contribution < -0.4 is 0 Å². The molecule has 0 bridgehead atoms. The summed E-state index contributed by atoms with van der Waals surface area (Å²) in [5, 5.41) is 12.8. The van der Waals surface area contributed by atoms with Gasteiger partial charge in [-0.3, -0.25) is 4.79 Å². The van der Waals surface area contributed by atoms with Crippen molar-refractivity contribution in [3.05, 3.63) is 69.1 Å². The molecule has 26 heavy (non-hydrogen) atoms. The van der Waals surface area contributed by atoms with E-state index in [0.717, 1.165) is 26.9 Å². The van der Waals surface area contributed by atoms with Crippen LogP contribution >= 0.6 is 23.1 Å². The minimum atomic E-state index is -0.427. The molecule has 2 atom stereocenters. The van der Waals surface area contributed by atoms with Gasteiger partial charge in [0.2, 0.25) is 0 Å². The van der Waals surface area contributed by atoms with Crippen LogP contribution in [0, 0.1) is 24.2 Å². The number of nitrogens with zero attached hydrogens (tertiary/aromatic N) is 2. The number of carbonyl (C=O) groups is 1. The lowest BCUT2D eigenvalue weighted by molar-refractivity contribution is -0.114. The highest BCUT2D eigenvalue weighted by molar-refractivity contribution is 8.13. The van der Waals surface area contributed by atoms with E-state index in [9.17, 15) is 10.1 Å². The fourth-order valence-electron chi connectivity index (χ4n) is 3.27. The van der Waals surface area contributed by atoms with Crippen molar-refractivity contribution >= 4 is 33.9 Å². The summed E-state index contributed by atoms with van der Waals surface area (Å²) in [5.41, 5.74) is 3.73. The molecule has 1 aliphatic heterocycles. The fraction of sp³-hybridized carbons (Fsp3) is 0.286. The van der Waals surface area contributed by atoms with Crippen LogP contribution in [0.5, 0.6) is 0 Å². The van der Waals surface area contributed by atoms with Crippen molar-refractivity contribution < 1.29 is 4.79 Å². The summed E-state index contributed by atoms with van der Waals surface area (Å²) in [6.07, 6.45) is 0. The monoisotopic (exact) mass is 380 g/mol. The van der Waals surface area contributed by atoms with Crippen molar-refractivity contribution in [2.45, 2.75) is 32.4 Å². The summed E-state index contributed by atoms with van der Waals surface area (Å²) in [5.74, 6) is 0.102. The SMILES string of the molecule is CC(=O)C1=C(C)N=C(SCc2ccccc2)C(C#N)[C@H]1c1sccc1C. The van der Waals surface area contributed by atoms with Gasteiger partial charge in [0.05, 0.1) is 11.1 Å². The zero-order chi connectivity index (χ0) is 18.7. The molecule has 0 radical (unpaired) electrons. The molecule has 0 aliphatic carbocycles. The topological polar surface area (TPSA) is 53.2 Å². The van der Waals surface area contributed by atoms with Crippen LogP contribution in [-0.2, 0) is 10.5 Å². The highest BCUT2D eigenvalue weighted by Gasteiger charge is 2.38. The summed E-state index contributed by atoms with van der Waals surface area (Å²) in [7, 11) is 0. The van der Waals surface area contributed by atoms with E-state index in [1.165, 1.54) is 5.56 Å². The Hall–Kier alpha value is -2.16. The Morgan fingerprint density at radius 3 is 2.58 bits per heavy atom. The number of hydrogen-bond donors (Lipinski definition) is 0. The second-order valence-corrected chi connectivity index (χ2v) is 8.28. The number of carbonyl (C=O) groups excluding carboxylic acids is 1. The summed E-state index contributed by atoms with van der Waals surface area (Å²) >= 11 is 3.21. The molecular formula is C21H20N2OS2. The van der Waals surface area contributed by atoms with Gasteiger partial charge in [0.1, 0.15) is 5.92 Å². The largest absolute Gasteiger partial charge is 0.295 e. The maximum atomic E-state index is 12.3. The second-order valence-electron chi connectivity index (χ2n) is 6.33. The molecule has 5 heteroatoms. The first-order valence-corrected chi connectivity index (χ1v) is 10.3. The minimum absolute atomic E-state index is 0.00332. The molecule has 0 saturated carbocycles. The summed E-state index contributed by atoms with van der Waals surface area (Å²) in [4.78, 5) is 18.1. The Kier molecular flexibility index (Phi) is 5.75. The van der Waals surface area contributed by atoms with Gasteiger partial charge in [0.15, 0.2) is 5.78 Å². The van der Waals surface area contributed by atoms with Crippen LogP contribution in [0.25, 0.3) is 0 Å². The predicted octanol–water partition coefficient (Wildman–Crippen LogP) is 5.49. The third kappa shape index (κ3) is 3.67. The molecule has 2 heterocycles. The number of nitriles is 1. The maximum absolute atomic E-state index is 12.3. The first kappa shape index (κ1) is 18.6. The van der Waals surface area contributed by atoms with Gasteiger partial charge in [0, 0.05) is 27.8 Å². The molecule has 1 aromatic carbocycles. The predicted molar refractivity (Wildman–Crippen MR) is 109 cm³/mol. The van der Waals surface area contributed by atoms with Gasteiger partial charge >= 0.3 is 0 Å². The van der Waals surface area contributed by atoms with E-state index in [0.29, 0.717) is 5.57 Å². The van der Waals surface area contributed by atoms with Crippen molar-refractivity contribution in [2.75, 3.05) is 0 Å². The maximum Gasteiger partial charge on any atom is 0.158 e. The number of benzene rings is 1. The molecule has 0 amide bonds. The van der Waals surface area contributed by atoms with Gasteiger partial charge in [-0.05, 0) is 43.3 Å². The Balaban J connectivity index is 2.00. The average Bonchev–Trinajstić information content (AvgIpc) is 3.05. The number of allylic oxidation sites excluding steroid dienone is 2. The van der Waals surface area contributed by atoms with E-state index < -0.39 is 5.92 Å². The van der Waals surface area contributed by atoms with Crippen molar-refractivity contribution in [3.8, 4) is 6.07 Å². The molecule has 0 saturated heterocycles. The van der Waals surface area contributed by atoms with Gasteiger partial charge in [-0.2, -0.15) is 5.26 Å². The van der Waals surface area contributed by atoms with E-state index in [4.69, 9.17) is 0 Å². The van der Waals surface area contributed by atoms with Crippen molar-refractivity contribution in [1.29, 1.82) is 5.26 Å². The molecule has 3 nitrogen and oxygen atoms in total. The van der Waals surface area contributed by atoms with Crippen LogP contribution in [0.15, 0.2) is 58.0 Å². The van der Waals surface area contributed by atoms with Crippen LogP contribution in [0.1, 0.15) is 35.8 Å². The quantitative estimate of drug-likeness (QED) is 0.705. The molecule has 0 fully saturated rings. The molecule has 3 rings (SSSR count). The highest BCUT2D eigenvalue weighted by Crippen LogP contribution is 2.44. The number of rotatable bonds is 4. The normalized spacial score (nSPS) is 19.8. The van der Waals surface area contributed by atoms with Gasteiger partial charge in [0.25, 0.3) is 0 Å². The fourth-order valence-corrected chi connectivity index (χ4v) is 5.42. The van der Waals surface area contributed by atoms with Crippen LogP contribution in [-0.4, -0.2) is 10.8 Å². The van der Waals surface area contributed by atoms with E-state index in [2.05, 4.69) is 23.2 Å². The lowest BCUT2D eigenvalue weighted by atomic mass is 9.80. The third-order valence-corrected chi connectivity index (χ3v) is 6.73. The molecule has 0 spiro atoms. The molecule has 1 unspecified atom stereocenters. The summed E-state index contributed by atoms with van der Waals surface area (Å²) in [6.45, 7) is 5.49. The number of ketones is 1. The Labute approximate surface area is 162 Å². The Bertz CT molecular complexity index is 919. The molecule has 1 aromatic heterocycles. The van der Waals surface area contributed by atoms with Gasteiger partial charge in [-0.15, -0.1) is 23.1 Å². The first-order valence-electron chi connectivity index (χ1n) is 8.43. The molecule has 1 aliphatic rings. The lowest BCUT2D eigenvalue weighted by Crippen LogP contribution is -2.27. The second kappa shape index (κ2) is 8.03. The number of thioether (sulfide) groups is 1. The van der Waals surface area contributed by atoms with Crippen molar-refractivity contribution in [1.82, 2.24) is 0 Å². The molecule has 132 valence electrons. The van der Waals surface area contributed by atoms with Crippen molar-refractivity contribution in [2.24, 2.45) is 10.9 Å². The van der Waals surface area contributed by atoms with E-state index in [-0.39, 0.29) is 11.7 Å². The number of Topliss-reactive ketones (excluding diaryl/α,β-unsaturated/α-hetero) is 1. The van der Waals surface area contributed by atoms with Gasteiger partial charge < -0.3 is 0 Å². The Morgan fingerprint density at radius 2 is 2.00 bits per heavy atom. The number of aryl methyl sites for hydroxylation is 1. The van der Waals surface area contributed by atoms with Crippen LogP contribution in [0.3, 0.4) is 0 Å². The smallest absolute Gasteiger partial charge is 0.158 e. The van der Waals surface area contributed by atoms with E-state index >= 15 is 0 Å². The van der Waals surface area contributed by atoms with Gasteiger partial charge in [-0.1, -0.05) is 30.3 Å². The summed E-state index contributed by atoms with van der Waals surface area (Å²) in [6, 6.07) is 14.6. The number of hydrogen-bond acceptors (Lipinski definition) is 5. The number of thiophene rings is 1. The highest BCUT2D eigenvalue weighted by atomic mass is 32.2. The molecule has 2 aromatic rings. The zero-order valence-electron chi connectivity index (χ0n) is 15.0. The lowest BCUT2D eigenvalue weighted by Gasteiger charge is -2.29. The van der Waals surface area contributed by atoms with Crippen molar-refractivity contribution in [3.63, 3.8) is 0 Å². The standard InChI is InChI=1S/C21H20N2OS2/c1-13-9-10-25-20(13)19-17(11-22)21(23-14(2)18(19)15(3)24)26-12-16-7-5-4-6-8-16/h4-10,17,19H,12H2,1-3H3/t17?,19-/m1/s1. The first-order chi connectivity index (χ1) is 12.5. The minimum Gasteiger partial charge on any atom is -0.295 e. The number of aliphatic imine (C=N–C) groups is 1. The van der Waals surface area contributed by atoms with E-state index in [1.807, 2.05) is 43.5 Å². The average molecular weight is 381 g/mol. The van der Waals surface area contributed by atoms with E-state index in [1.54, 1.807) is 30.0 Å². The zero-order valence-corrected chi connectivity index (χ0v) is 16.7.